The van der Waals surface area contributed by atoms with E-state index in [9.17, 15) is 23.3 Å². The summed E-state index contributed by atoms with van der Waals surface area (Å²) in [7, 11) is -4.31. The highest BCUT2D eigenvalue weighted by Crippen LogP contribution is 2.36. The zero-order valence-electron chi connectivity index (χ0n) is 15.6. The van der Waals surface area contributed by atoms with Crippen molar-refractivity contribution >= 4 is 61.5 Å². The van der Waals surface area contributed by atoms with Crippen LogP contribution in [0.25, 0.3) is 11.0 Å². The SMILES string of the molecule is CCOC(=O)c1c(C)oc2c(Cl)cc(NS(=O)(=O)c3cc([N+](=O)[O-])ccc3Cl)cc12. The number of esters is 1. The number of furan rings is 1. The molecular formula is C18H14Cl2N2O7S. The first-order chi connectivity index (χ1) is 14.0. The monoisotopic (exact) mass is 472 g/mol. The molecule has 0 saturated heterocycles. The lowest BCUT2D eigenvalue weighted by Crippen LogP contribution is -2.14. The van der Waals surface area contributed by atoms with Crippen LogP contribution in [0.15, 0.2) is 39.6 Å². The zero-order valence-corrected chi connectivity index (χ0v) is 17.9. The first-order valence-corrected chi connectivity index (χ1v) is 10.7. The van der Waals surface area contributed by atoms with Gasteiger partial charge in [-0.25, -0.2) is 13.2 Å². The fraction of sp³-hybridized carbons (Fsp3) is 0.167. The van der Waals surface area contributed by atoms with E-state index in [4.69, 9.17) is 32.4 Å². The summed E-state index contributed by atoms with van der Waals surface area (Å²) in [6.07, 6.45) is 0. The van der Waals surface area contributed by atoms with Crippen LogP contribution in [0.2, 0.25) is 10.0 Å². The van der Waals surface area contributed by atoms with Crippen molar-refractivity contribution in [2.24, 2.45) is 0 Å². The standard InChI is InChI=1S/C18H14Cl2N2O7S/c1-3-28-18(23)16-9(2)29-17-12(16)6-10(7-14(17)20)21-30(26,27)15-8-11(22(24)25)4-5-13(15)19/h4-8,21H,3H2,1-2H3. The number of carbonyl (C=O) groups excluding carboxylic acids is 1. The number of fused-ring (bicyclic) bond motifs is 1. The second-order valence-corrected chi connectivity index (χ2v) is 8.53. The third-order valence-corrected chi connectivity index (χ3v) is 6.21. The van der Waals surface area contributed by atoms with Crippen LogP contribution in [0.3, 0.4) is 0 Å². The highest BCUT2D eigenvalue weighted by Gasteiger charge is 2.25. The molecule has 1 N–H and O–H groups in total. The number of carbonyl (C=O) groups is 1. The van der Waals surface area contributed by atoms with Crippen LogP contribution in [0, 0.1) is 17.0 Å². The van der Waals surface area contributed by atoms with Crippen LogP contribution in [0.4, 0.5) is 11.4 Å². The smallest absolute Gasteiger partial charge is 0.342 e. The van der Waals surface area contributed by atoms with E-state index in [0.717, 1.165) is 18.2 Å². The average molecular weight is 473 g/mol. The molecule has 0 unspecified atom stereocenters. The van der Waals surface area contributed by atoms with Crippen LogP contribution in [-0.2, 0) is 14.8 Å². The topological polar surface area (TPSA) is 129 Å². The number of nitro benzene ring substituents is 1. The van der Waals surface area contributed by atoms with Crippen molar-refractivity contribution in [2.45, 2.75) is 18.7 Å². The maximum Gasteiger partial charge on any atom is 0.342 e. The molecule has 158 valence electrons. The summed E-state index contributed by atoms with van der Waals surface area (Å²) in [5.74, 6) is -0.390. The Morgan fingerprint density at radius 3 is 2.57 bits per heavy atom. The van der Waals surface area contributed by atoms with Gasteiger partial charge in [0.1, 0.15) is 16.2 Å². The van der Waals surface area contributed by atoms with Gasteiger partial charge in [-0.3, -0.25) is 14.8 Å². The van der Waals surface area contributed by atoms with Gasteiger partial charge in [-0.15, -0.1) is 0 Å². The molecule has 9 nitrogen and oxygen atoms in total. The Labute approximate surface area is 180 Å². The van der Waals surface area contributed by atoms with Crippen molar-refractivity contribution < 1.29 is 27.3 Å². The van der Waals surface area contributed by atoms with E-state index in [1.807, 2.05) is 0 Å². The van der Waals surface area contributed by atoms with Gasteiger partial charge in [0.25, 0.3) is 15.7 Å². The summed E-state index contributed by atoms with van der Waals surface area (Å²) in [6.45, 7) is 3.33. The third-order valence-electron chi connectivity index (χ3n) is 4.07. The molecule has 3 rings (SSSR count). The lowest BCUT2D eigenvalue weighted by Gasteiger charge is -2.10. The molecule has 0 saturated carbocycles. The number of sulfonamides is 1. The number of rotatable bonds is 6. The minimum atomic E-state index is -4.31. The predicted molar refractivity (Wildman–Crippen MR) is 111 cm³/mol. The van der Waals surface area contributed by atoms with Crippen LogP contribution >= 0.6 is 23.2 Å². The van der Waals surface area contributed by atoms with E-state index in [1.54, 1.807) is 13.8 Å². The second kappa shape index (κ2) is 8.13. The molecule has 0 radical (unpaired) electrons. The van der Waals surface area contributed by atoms with Gasteiger partial charge in [0.05, 0.1) is 27.3 Å². The summed E-state index contributed by atoms with van der Waals surface area (Å²) in [4.78, 5) is 22.0. The molecule has 1 aromatic heterocycles. The fourth-order valence-electron chi connectivity index (χ4n) is 2.81. The Bertz CT molecular complexity index is 1290. The van der Waals surface area contributed by atoms with E-state index in [0.29, 0.717) is 0 Å². The molecule has 0 aliphatic rings. The van der Waals surface area contributed by atoms with Crippen molar-refractivity contribution in [1.82, 2.24) is 0 Å². The van der Waals surface area contributed by atoms with Gasteiger partial charge in [0.2, 0.25) is 0 Å². The first kappa shape index (κ1) is 21.9. The van der Waals surface area contributed by atoms with E-state index >= 15 is 0 Å². The number of benzene rings is 2. The van der Waals surface area contributed by atoms with E-state index < -0.39 is 31.5 Å². The fourth-order valence-corrected chi connectivity index (χ4v) is 4.63. The summed E-state index contributed by atoms with van der Waals surface area (Å²) >= 11 is 12.1. The average Bonchev–Trinajstić information content (AvgIpc) is 2.98. The predicted octanol–water partition coefficient (Wildman–Crippen LogP) is 4.93. The molecular weight excluding hydrogens is 459 g/mol. The quantitative estimate of drug-likeness (QED) is 0.305. The van der Waals surface area contributed by atoms with E-state index in [1.165, 1.54) is 12.1 Å². The van der Waals surface area contributed by atoms with E-state index in [2.05, 4.69) is 4.72 Å². The highest BCUT2D eigenvalue weighted by atomic mass is 35.5. The first-order valence-electron chi connectivity index (χ1n) is 8.41. The lowest BCUT2D eigenvalue weighted by molar-refractivity contribution is -0.385. The van der Waals surface area contributed by atoms with Crippen LogP contribution < -0.4 is 4.72 Å². The van der Waals surface area contributed by atoms with Crippen molar-refractivity contribution in [3.63, 3.8) is 0 Å². The second-order valence-electron chi connectivity index (χ2n) is 6.07. The molecule has 0 aliphatic carbocycles. The number of aryl methyl sites for hydroxylation is 1. The normalized spacial score (nSPS) is 11.5. The van der Waals surface area contributed by atoms with Gasteiger partial charge >= 0.3 is 5.97 Å². The largest absolute Gasteiger partial charge is 0.462 e. The summed E-state index contributed by atoms with van der Waals surface area (Å²) in [5, 5.41) is 11.1. The number of ether oxygens (including phenoxy) is 1. The Balaban J connectivity index is 2.10. The summed E-state index contributed by atoms with van der Waals surface area (Å²) in [5.41, 5.74) is -0.138. The van der Waals surface area contributed by atoms with Crippen molar-refractivity contribution in [3.8, 4) is 0 Å². The zero-order chi connectivity index (χ0) is 22.2. The van der Waals surface area contributed by atoms with Crippen molar-refractivity contribution in [3.05, 3.63) is 61.8 Å². The molecule has 0 bridgehead atoms. The van der Waals surface area contributed by atoms with Crippen LogP contribution in [0.1, 0.15) is 23.0 Å². The molecule has 12 heteroatoms. The van der Waals surface area contributed by atoms with Crippen LogP contribution in [-0.4, -0.2) is 25.9 Å². The lowest BCUT2D eigenvalue weighted by atomic mass is 10.1. The van der Waals surface area contributed by atoms with Gasteiger partial charge < -0.3 is 9.15 Å². The highest BCUT2D eigenvalue weighted by molar-refractivity contribution is 7.92. The van der Waals surface area contributed by atoms with Crippen molar-refractivity contribution in [1.29, 1.82) is 0 Å². The summed E-state index contributed by atoms with van der Waals surface area (Å²) in [6, 6.07) is 5.68. The van der Waals surface area contributed by atoms with Gasteiger partial charge in [-0.2, -0.15) is 0 Å². The molecule has 3 aromatic rings. The Hall–Kier alpha value is -2.82. The van der Waals surface area contributed by atoms with Gasteiger partial charge in [0.15, 0.2) is 5.58 Å². The maximum atomic E-state index is 12.8. The number of nitrogens with one attached hydrogen (secondary N) is 1. The molecule has 0 spiro atoms. The van der Waals surface area contributed by atoms with Crippen molar-refractivity contribution in [2.75, 3.05) is 11.3 Å². The summed E-state index contributed by atoms with van der Waals surface area (Å²) < 4.78 is 38.4. The molecule has 0 aliphatic heterocycles. The Morgan fingerprint density at radius 2 is 1.93 bits per heavy atom. The number of anilines is 1. The number of nitro groups is 1. The van der Waals surface area contributed by atoms with Gasteiger partial charge in [-0.05, 0) is 32.0 Å². The maximum absolute atomic E-state index is 12.8. The minimum Gasteiger partial charge on any atom is -0.462 e. The molecule has 0 fully saturated rings. The number of hydrogen-bond acceptors (Lipinski definition) is 7. The minimum absolute atomic E-state index is 0.00132. The van der Waals surface area contributed by atoms with Gasteiger partial charge in [0, 0.05) is 17.5 Å². The molecule has 0 atom stereocenters. The molecule has 30 heavy (non-hydrogen) atoms. The van der Waals surface area contributed by atoms with E-state index in [-0.39, 0.29) is 44.6 Å². The molecule has 1 heterocycles. The molecule has 2 aromatic carbocycles. The Morgan fingerprint density at radius 1 is 1.23 bits per heavy atom. The number of halogens is 2. The van der Waals surface area contributed by atoms with Gasteiger partial charge in [-0.1, -0.05) is 23.2 Å². The number of hydrogen-bond donors (Lipinski definition) is 1. The van der Waals surface area contributed by atoms with Crippen LogP contribution in [0.5, 0.6) is 0 Å². The number of non-ortho nitro benzene ring substituents is 1. The third kappa shape index (κ3) is 4.07. The Kier molecular flexibility index (Phi) is 5.93. The number of nitrogens with zero attached hydrogens (tertiary/aromatic N) is 1. The molecule has 0 amide bonds.